The van der Waals surface area contributed by atoms with Gasteiger partial charge in [-0.05, 0) is 60.4 Å². The van der Waals surface area contributed by atoms with Crippen molar-refractivity contribution in [3.8, 4) is 11.5 Å². The second-order valence-corrected chi connectivity index (χ2v) is 11.1. The molecule has 1 aliphatic rings. The zero-order valence-corrected chi connectivity index (χ0v) is 25.3. The van der Waals surface area contributed by atoms with E-state index in [2.05, 4.69) is 11.9 Å². The van der Waals surface area contributed by atoms with Gasteiger partial charge in [0.25, 0.3) is 11.2 Å². The van der Waals surface area contributed by atoms with Crippen LogP contribution in [0.4, 0.5) is 5.69 Å². The van der Waals surface area contributed by atoms with Crippen LogP contribution in [0.25, 0.3) is 6.08 Å². The van der Waals surface area contributed by atoms with Gasteiger partial charge in [0.1, 0.15) is 6.61 Å². The van der Waals surface area contributed by atoms with Crippen molar-refractivity contribution in [1.29, 1.82) is 0 Å². The van der Waals surface area contributed by atoms with E-state index in [1.54, 1.807) is 37.3 Å². The smallest absolute Gasteiger partial charge is 0.338 e. The number of carbonyl (C=O) groups is 1. The maximum Gasteiger partial charge on any atom is 0.338 e. The van der Waals surface area contributed by atoms with E-state index < -0.39 is 16.9 Å². The lowest BCUT2D eigenvalue weighted by molar-refractivity contribution is -0.384. The van der Waals surface area contributed by atoms with Crippen molar-refractivity contribution >= 4 is 29.1 Å². The molecule has 0 N–H and O–H groups in total. The van der Waals surface area contributed by atoms with E-state index in [1.807, 2.05) is 36.4 Å². The normalized spacial score (nSPS) is 14.5. The van der Waals surface area contributed by atoms with Crippen LogP contribution in [0, 0.1) is 10.1 Å². The number of nitrogens with zero attached hydrogens (tertiary/aromatic N) is 3. The van der Waals surface area contributed by atoms with Crippen LogP contribution in [0.2, 0.25) is 0 Å². The molecule has 1 aromatic heterocycles. The number of hydrogen-bond donors (Lipinski definition) is 0. The standard InChI is InChI=1S/C33H31N3O7S/c1-4-5-17-42-26-16-13-24(19-27(26)41-3)30-29(32(38)43-20-23-9-7-6-8-10-23)21(2)34-33-35(30)31(37)28(44-33)18-22-11-14-25(15-12-22)36(39)40/h6-16,18-19,30H,4-5,17,20H2,1-3H3/b28-18-. The first kappa shape index (κ1) is 30.4. The molecule has 44 heavy (non-hydrogen) atoms. The second kappa shape index (κ2) is 13.5. The van der Waals surface area contributed by atoms with Crippen molar-refractivity contribution in [1.82, 2.24) is 4.57 Å². The Morgan fingerprint density at radius 3 is 2.52 bits per heavy atom. The number of methoxy groups -OCH3 is 1. The van der Waals surface area contributed by atoms with E-state index in [4.69, 9.17) is 14.2 Å². The number of ether oxygens (including phenoxy) is 3. The van der Waals surface area contributed by atoms with Crippen molar-refractivity contribution in [2.45, 2.75) is 39.3 Å². The lowest BCUT2D eigenvalue weighted by atomic mass is 9.95. The average molecular weight is 614 g/mol. The summed E-state index contributed by atoms with van der Waals surface area (Å²) in [5.74, 6) is 0.439. The first-order valence-corrected chi connectivity index (χ1v) is 14.9. The van der Waals surface area contributed by atoms with Crippen LogP contribution in [-0.2, 0) is 16.1 Å². The molecule has 226 valence electrons. The van der Waals surface area contributed by atoms with Crippen LogP contribution in [0.3, 0.4) is 0 Å². The van der Waals surface area contributed by atoms with E-state index >= 15 is 0 Å². The molecule has 0 amide bonds. The molecule has 2 heterocycles. The molecule has 0 radical (unpaired) electrons. The first-order chi connectivity index (χ1) is 21.3. The van der Waals surface area contributed by atoms with Gasteiger partial charge in [-0.25, -0.2) is 9.79 Å². The first-order valence-electron chi connectivity index (χ1n) is 14.1. The predicted molar refractivity (Wildman–Crippen MR) is 166 cm³/mol. The fraction of sp³-hybridized carbons (Fsp3) is 0.242. The molecular weight excluding hydrogens is 582 g/mol. The summed E-state index contributed by atoms with van der Waals surface area (Å²) in [6.07, 6.45) is 3.52. The number of allylic oxidation sites excluding steroid dienone is 1. The third-order valence-corrected chi connectivity index (χ3v) is 8.10. The number of benzene rings is 3. The third-order valence-electron chi connectivity index (χ3n) is 7.11. The van der Waals surface area contributed by atoms with Crippen molar-refractivity contribution in [2.24, 2.45) is 4.99 Å². The molecule has 11 heteroatoms. The SMILES string of the molecule is CCCCOc1ccc(C2C(C(=O)OCc3ccccc3)=C(C)N=c3s/c(=C\c4ccc([N+](=O)[O-])cc4)c(=O)n32)cc1OC. The van der Waals surface area contributed by atoms with Gasteiger partial charge in [0.2, 0.25) is 0 Å². The summed E-state index contributed by atoms with van der Waals surface area (Å²) < 4.78 is 19.1. The van der Waals surface area contributed by atoms with Crippen molar-refractivity contribution < 1.29 is 23.9 Å². The Labute approximate surface area is 257 Å². The fourth-order valence-electron chi connectivity index (χ4n) is 4.84. The lowest BCUT2D eigenvalue weighted by Crippen LogP contribution is -2.39. The molecule has 5 rings (SSSR count). The number of esters is 1. The van der Waals surface area contributed by atoms with E-state index in [0.717, 1.165) is 18.4 Å². The monoisotopic (exact) mass is 613 g/mol. The van der Waals surface area contributed by atoms with Crippen LogP contribution >= 0.6 is 11.3 Å². The van der Waals surface area contributed by atoms with Crippen molar-refractivity contribution in [3.05, 3.63) is 131 Å². The number of non-ortho nitro benzene ring substituents is 1. The van der Waals surface area contributed by atoms with Gasteiger partial charge in [-0.1, -0.05) is 61.1 Å². The number of fused-ring (bicyclic) bond motifs is 1. The molecular formula is C33H31N3O7S. The van der Waals surface area contributed by atoms with Crippen LogP contribution in [-0.4, -0.2) is 29.2 Å². The molecule has 4 aromatic rings. The number of nitro benzene ring substituents is 1. The minimum absolute atomic E-state index is 0.0473. The van der Waals surface area contributed by atoms with E-state index in [9.17, 15) is 19.7 Å². The molecule has 3 aromatic carbocycles. The minimum atomic E-state index is -0.855. The number of unbranched alkanes of at least 4 members (excludes halogenated alkanes) is 1. The van der Waals surface area contributed by atoms with Gasteiger partial charge < -0.3 is 14.2 Å². The molecule has 1 aliphatic heterocycles. The Morgan fingerprint density at radius 1 is 1.09 bits per heavy atom. The number of rotatable bonds is 11. The van der Waals surface area contributed by atoms with Gasteiger partial charge in [-0.2, -0.15) is 0 Å². The van der Waals surface area contributed by atoms with Gasteiger partial charge in [0.15, 0.2) is 16.3 Å². The highest BCUT2D eigenvalue weighted by atomic mass is 32.1. The van der Waals surface area contributed by atoms with Crippen LogP contribution in [0.15, 0.2) is 93.9 Å². The average Bonchev–Trinajstić information content (AvgIpc) is 3.33. The Balaban J connectivity index is 1.60. The van der Waals surface area contributed by atoms with Gasteiger partial charge in [-0.3, -0.25) is 19.5 Å². The highest BCUT2D eigenvalue weighted by Gasteiger charge is 2.34. The van der Waals surface area contributed by atoms with E-state index in [0.29, 0.717) is 44.3 Å². The fourth-order valence-corrected chi connectivity index (χ4v) is 5.89. The lowest BCUT2D eigenvalue weighted by Gasteiger charge is -2.25. The molecule has 10 nitrogen and oxygen atoms in total. The molecule has 0 saturated carbocycles. The maximum absolute atomic E-state index is 14.0. The number of nitro groups is 1. The summed E-state index contributed by atoms with van der Waals surface area (Å²) in [6, 6.07) is 19.8. The van der Waals surface area contributed by atoms with Crippen molar-refractivity contribution in [2.75, 3.05) is 13.7 Å². The van der Waals surface area contributed by atoms with E-state index in [1.165, 1.54) is 35.1 Å². The Kier molecular flexibility index (Phi) is 9.35. The molecule has 0 aliphatic carbocycles. The van der Waals surface area contributed by atoms with Gasteiger partial charge >= 0.3 is 5.97 Å². The highest BCUT2D eigenvalue weighted by molar-refractivity contribution is 7.07. The maximum atomic E-state index is 14.0. The topological polar surface area (TPSA) is 122 Å². The number of aromatic nitrogens is 1. The number of carbonyl (C=O) groups excluding carboxylic acids is 1. The molecule has 1 atom stereocenters. The van der Waals surface area contributed by atoms with E-state index in [-0.39, 0.29) is 23.4 Å². The Bertz CT molecular complexity index is 1890. The Morgan fingerprint density at radius 2 is 1.84 bits per heavy atom. The summed E-state index contributed by atoms with van der Waals surface area (Å²) in [4.78, 5) is 43.3. The molecule has 1 unspecified atom stereocenters. The summed E-state index contributed by atoms with van der Waals surface area (Å²) in [7, 11) is 1.54. The van der Waals surface area contributed by atoms with Crippen molar-refractivity contribution in [3.63, 3.8) is 0 Å². The van der Waals surface area contributed by atoms with Crippen LogP contribution in [0.5, 0.6) is 11.5 Å². The molecule has 0 spiro atoms. The summed E-state index contributed by atoms with van der Waals surface area (Å²) in [6.45, 7) is 4.38. The quantitative estimate of drug-likeness (QED) is 0.100. The van der Waals surface area contributed by atoms with Gasteiger partial charge in [0.05, 0.1) is 40.5 Å². The highest BCUT2D eigenvalue weighted by Crippen LogP contribution is 2.36. The second-order valence-electron chi connectivity index (χ2n) is 10.1. The summed E-state index contributed by atoms with van der Waals surface area (Å²) >= 11 is 1.17. The molecule has 0 fully saturated rings. The minimum Gasteiger partial charge on any atom is -0.493 e. The van der Waals surface area contributed by atoms with Gasteiger partial charge in [-0.15, -0.1) is 0 Å². The van der Waals surface area contributed by atoms with Crippen LogP contribution < -0.4 is 24.4 Å². The predicted octanol–water partition coefficient (Wildman–Crippen LogP) is 5.07. The molecule has 0 saturated heterocycles. The van der Waals surface area contributed by atoms with Crippen LogP contribution in [0.1, 0.15) is 49.4 Å². The third kappa shape index (κ3) is 6.47. The largest absolute Gasteiger partial charge is 0.493 e. The molecule has 0 bridgehead atoms. The van der Waals surface area contributed by atoms with Gasteiger partial charge in [0, 0.05) is 12.1 Å². The number of hydrogen-bond acceptors (Lipinski definition) is 9. The summed E-state index contributed by atoms with van der Waals surface area (Å²) in [5, 5.41) is 11.1. The zero-order valence-electron chi connectivity index (χ0n) is 24.5. The zero-order chi connectivity index (χ0) is 31.2. The Hall–Kier alpha value is -5.03. The summed E-state index contributed by atoms with van der Waals surface area (Å²) in [5.41, 5.74) is 2.32. The number of thiazole rings is 1.